The Bertz CT molecular complexity index is 755. The Morgan fingerprint density at radius 3 is 3.04 bits per heavy atom. The molecule has 1 aliphatic heterocycles. The topological polar surface area (TPSA) is 96.3 Å². The highest BCUT2D eigenvalue weighted by molar-refractivity contribution is 7.14. The third kappa shape index (κ3) is 4.46. The van der Waals surface area contributed by atoms with E-state index in [-0.39, 0.29) is 30.3 Å². The van der Waals surface area contributed by atoms with Gasteiger partial charge in [-0.3, -0.25) is 14.9 Å². The molecule has 2 aromatic rings. The van der Waals surface area contributed by atoms with Gasteiger partial charge in [0.15, 0.2) is 5.13 Å². The van der Waals surface area contributed by atoms with Crippen LogP contribution in [0.1, 0.15) is 41.6 Å². The molecule has 0 aromatic carbocycles. The lowest BCUT2D eigenvalue weighted by Gasteiger charge is -2.30. The summed E-state index contributed by atoms with van der Waals surface area (Å²) in [5, 5.41) is 11.4. The molecule has 134 valence electrons. The van der Waals surface area contributed by atoms with E-state index in [0.717, 1.165) is 19.4 Å². The number of hydrogen-bond donors (Lipinski definition) is 3. The standard InChI is InChI=1S/C17H22N4O3S/c1-10-14(4-3-6-18-10)20-15(22)8-12-9-25-17(19-12)21-16(23)13-5-7-24-11(13)2/h5,7,9-10,14,18H,3-4,6,8H2,1-2H3,(H,20,22)(H,19,21,23). The number of aryl methyl sites for hydroxylation is 1. The molecule has 0 aliphatic carbocycles. The van der Waals surface area contributed by atoms with Gasteiger partial charge in [0.1, 0.15) is 5.76 Å². The van der Waals surface area contributed by atoms with Crippen LogP contribution in [0.25, 0.3) is 0 Å². The molecule has 1 saturated heterocycles. The third-order valence-electron chi connectivity index (χ3n) is 4.33. The first-order valence-corrected chi connectivity index (χ1v) is 9.23. The molecular formula is C17H22N4O3S. The van der Waals surface area contributed by atoms with Crippen LogP contribution in [0.3, 0.4) is 0 Å². The van der Waals surface area contributed by atoms with Gasteiger partial charge in [0.25, 0.3) is 5.91 Å². The van der Waals surface area contributed by atoms with Crippen LogP contribution in [-0.4, -0.2) is 35.4 Å². The number of furan rings is 1. The van der Waals surface area contributed by atoms with Gasteiger partial charge in [-0.2, -0.15) is 0 Å². The second-order valence-electron chi connectivity index (χ2n) is 6.22. The fourth-order valence-electron chi connectivity index (χ4n) is 2.89. The summed E-state index contributed by atoms with van der Waals surface area (Å²) in [5.74, 6) is 0.247. The highest BCUT2D eigenvalue weighted by Gasteiger charge is 2.22. The van der Waals surface area contributed by atoms with E-state index in [4.69, 9.17) is 4.42 Å². The first-order chi connectivity index (χ1) is 12.0. The second kappa shape index (κ2) is 7.79. The molecule has 25 heavy (non-hydrogen) atoms. The number of amides is 2. The SMILES string of the molecule is Cc1occc1C(=O)Nc1nc(CC(=O)NC2CCCNC2C)cs1. The molecule has 1 aliphatic rings. The molecule has 3 rings (SSSR count). The number of carbonyl (C=O) groups is 2. The molecular weight excluding hydrogens is 340 g/mol. The zero-order valence-corrected chi connectivity index (χ0v) is 15.1. The van der Waals surface area contributed by atoms with Crippen LogP contribution in [0, 0.1) is 6.92 Å². The molecule has 0 spiro atoms. The lowest BCUT2D eigenvalue weighted by molar-refractivity contribution is -0.121. The van der Waals surface area contributed by atoms with Crippen LogP contribution in [0.2, 0.25) is 0 Å². The van der Waals surface area contributed by atoms with Crippen molar-refractivity contribution < 1.29 is 14.0 Å². The highest BCUT2D eigenvalue weighted by atomic mass is 32.1. The van der Waals surface area contributed by atoms with Gasteiger partial charge in [-0.05, 0) is 39.3 Å². The van der Waals surface area contributed by atoms with Gasteiger partial charge in [0.05, 0.1) is 23.9 Å². The normalized spacial score (nSPS) is 20.2. The van der Waals surface area contributed by atoms with Crippen molar-refractivity contribution in [3.8, 4) is 0 Å². The summed E-state index contributed by atoms with van der Waals surface area (Å²) in [7, 11) is 0. The second-order valence-corrected chi connectivity index (χ2v) is 7.08. The van der Waals surface area contributed by atoms with Gasteiger partial charge < -0.3 is 15.1 Å². The Hall–Kier alpha value is -2.19. The van der Waals surface area contributed by atoms with E-state index in [1.165, 1.54) is 17.6 Å². The summed E-state index contributed by atoms with van der Waals surface area (Å²) in [6.45, 7) is 4.81. The van der Waals surface area contributed by atoms with E-state index in [1.807, 2.05) is 0 Å². The summed E-state index contributed by atoms with van der Waals surface area (Å²) < 4.78 is 5.13. The average molecular weight is 362 g/mol. The zero-order valence-electron chi connectivity index (χ0n) is 14.3. The number of nitrogens with one attached hydrogen (secondary N) is 3. The van der Waals surface area contributed by atoms with Crippen molar-refractivity contribution in [1.29, 1.82) is 0 Å². The maximum absolute atomic E-state index is 12.2. The van der Waals surface area contributed by atoms with Crippen LogP contribution in [-0.2, 0) is 11.2 Å². The predicted molar refractivity (Wildman–Crippen MR) is 95.8 cm³/mol. The molecule has 2 atom stereocenters. The minimum Gasteiger partial charge on any atom is -0.469 e. The molecule has 1 fully saturated rings. The minimum atomic E-state index is -0.265. The van der Waals surface area contributed by atoms with Crippen molar-refractivity contribution in [3.63, 3.8) is 0 Å². The summed E-state index contributed by atoms with van der Waals surface area (Å²) in [4.78, 5) is 28.7. The molecule has 3 N–H and O–H groups in total. The Morgan fingerprint density at radius 1 is 1.48 bits per heavy atom. The smallest absolute Gasteiger partial charge is 0.260 e. The number of rotatable bonds is 5. The average Bonchev–Trinajstić information content (AvgIpc) is 3.18. The molecule has 2 amide bonds. The molecule has 8 heteroatoms. The molecule has 3 heterocycles. The van der Waals surface area contributed by atoms with E-state index < -0.39 is 0 Å². The summed E-state index contributed by atoms with van der Waals surface area (Å²) in [6.07, 6.45) is 3.74. The Morgan fingerprint density at radius 2 is 2.32 bits per heavy atom. The third-order valence-corrected chi connectivity index (χ3v) is 5.13. The number of piperidine rings is 1. The number of thiazole rings is 1. The lowest BCUT2D eigenvalue weighted by Crippen LogP contribution is -2.52. The number of aromatic nitrogens is 1. The minimum absolute atomic E-state index is 0.0468. The summed E-state index contributed by atoms with van der Waals surface area (Å²) in [5.41, 5.74) is 1.13. The molecule has 7 nitrogen and oxygen atoms in total. The monoisotopic (exact) mass is 362 g/mol. The Labute approximate surface area is 150 Å². The quantitative estimate of drug-likeness (QED) is 0.757. The maximum Gasteiger partial charge on any atom is 0.260 e. The number of nitrogens with zero attached hydrogens (tertiary/aromatic N) is 1. The summed E-state index contributed by atoms with van der Waals surface area (Å²) >= 11 is 1.30. The van der Waals surface area contributed by atoms with E-state index in [2.05, 4.69) is 27.9 Å². The zero-order chi connectivity index (χ0) is 17.8. The highest BCUT2D eigenvalue weighted by Crippen LogP contribution is 2.18. The van der Waals surface area contributed by atoms with Crippen LogP contribution in [0.15, 0.2) is 22.1 Å². The first-order valence-electron chi connectivity index (χ1n) is 8.35. The van der Waals surface area contributed by atoms with Crippen molar-refractivity contribution in [2.24, 2.45) is 0 Å². The van der Waals surface area contributed by atoms with Crippen molar-refractivity contribution in [2.45, 2.75) is 45.2 Å². The molecule has 2 aromatic heterocycles. The van der Waals surface area contributed by atoms with Crippen molar-refractivity contribution in [3.05, 3.63) is 34.7 Å². The van der Waals surface area contributed by atoms with Crippen molar-refractivity contribution >= 4 is 28.3 Å². The van der Waals surface area contributed by atoms with Gasteiger partial charge in [-0.1, -0.05) is 0 Å². The van der Waals surface area contributed by atoms with E-state index in [9.17, 15) is 9.59 Å². The van der Waals surface area contributed by atoms with E-state index >= 15 is 0 Å². The largest absolute Gasteiger partial charge is 0.469 e. The fourth-order valence-corrected chi connectivity index (χ4v) is 3.60. The van der Waals surface area contributed by atoms with Crippen LogP contribution < -0.4 is 16.0 Å². The Balaban J connectivity index is 1.53. The molecule has 0 radical (unpaired) electrons. The lowest BCUT2D eigenvalue weighted by atomic mass is 10.00. The van der Waals surface area contributed by atoms with Crippen molar-refractivity contribution in [1.82, 2.24) is 15.6 Å². The summed E-state index contributed by atoms with van der Waals surface area (Å²) in [6, 6.07) is 2.05. The molecule has 2 unspecified atom stereocenters. The van der Waals surface area contributed by atoms with Crippen LogP contribution in [0.5, 0.6) is 0 Å². The van der Waals surface area contributed by atoms with Crippen LogP contribution >= 0.6 is 11.3 Å². The number of carbonyl (C=O) groups excluding carboxylic acids is 2. The fraction of sp³-hybridized carbons (Fsp3) is 0.471. The van der Waals surface area contributed by atoms with E-state index in [0.29, 0.717) is 22.1 Å². The van der Waals surface area contributed by atoms with E-state index in [1.54, 1.807) is 18.4 Å². The molecule has 0 bridgehead atoms. The van der Waals surface area contributed by atoms with Crippen LogP contribution in [0.4, 0.5) is 5.13 Å². The van der Waals surface area contributed by atoms with Gasteiger partial charge in [0, 0.05) is 17.5 Å². The van der Waals surface area contributed by atoms with Gasteiger partial charge in [-0.25, -0.2) is 4.98 Å². The number of hydrogen-bond acceptors (Lipinski definition) is 6. The van der Waals surface area contributed by atoms with Gasteiger partial charge in [0.2, 0.25) is 5.91 Å². The Kier molecular flexibility index (Phi) is 5.50. The molecule has 0 saturated carbocycles. The van der Waals surface area contributed by atoms with Gasteiger partial charge in [-0.15, -0.1) is 11.3 Å². The van der Waals surface area contributed by atoms with Gasteiger partial charge >= 0.3 is 0 Å². The number of anilines is 1. The first kappa shape index (κ1) is 17.6. The van der Waals surface area contributed by atoms with Crippen molar-refractivity contribution in [2.75, 3.05) is 11.9 Å². The maximum atomic E-state index is 12.2. The predicted octanol–water partition coefficient (Wildman–Crippen LogP) is 2.10.